The summed E-state index contributed by atoms with van der Waals surface area (Å²) in [5.74, 6) is -0.0106. The minimum Gasteiger partial charge on any atom is -0.350 e. The summed E-state index contributed by atoms with van der Waals surface area (Å²) in [7, 11) is 0. The minimum absolute atomic E-state index is 0.0106. The van der Waals surface area contributed by atoms with Gasteiger partial charge >= 0.3 is 0 Å². The summed E-state index contributed by atoms with van der Waals surface area (Å²) in [6.07, 6.45) is 0.773. The molecule has 0 spiro atoms. The summed E-state index contributed by atoms with van der Waals surface area (Å²) in [4.78, 5) is 11.5. The number of amides is 1. The van der Waals surface area contributed by atoms with Gasteiger partial charge in [0.1, 0.15) is 0 Å². The normalized spacial score (nSPS) is 21.6. The quantitative estimate of drug-likeness (QED) is 0.597. The van der Waals surface area contributed by atoms with Gasteiger partial charge in [-0.05, 0) is 18.1 Å². The number of rotatable bonds is 0. The molecule has 2 rings (SSSR count). The van der Waals surface area contributed by atoms with Crippen molar-refractivity contribution in [2.24, 2.45) is 5.73 Å². The standard InChI is InChI=1S/C10H12N2O/c11-8-5-7-3-1-2-4-9(7)10(13)12-6-8/h1-4,8H,5-6,11H2,(H,12,13). The molecular formula is C10H12N2O. The third-order valence-electron chi connectivity index (χ3n) is 2.27. The van der Waals surface area contributed by atoms with Crippen LogP contribution < -0.4 is 11.1 Å². The van der Waals surface area contributed by atoms with Crippen molar-refractivity contribution < 1.29 is 4.79 Å². The second-order valence-corrected chi connectivity index (χ2v) is 3.33. The molecule has 1 aliphatic rings. The molecule has 0 fully saturated rings. The molecule has 68 valence electrons. The van der Waals surface area contributed by atoms with Gasteiger partial charge in [-0.15, -0.1) is 0 Å². The lowest BCUT2D eigenvalue weighted by Gasteiger charge is -2.06. The zero-order valence-corrected chi connectivity index (χ0v) is 7.29. The zero-order chi connectivity index (χ0) is 9.26. The van der Waals surface area contributed by atoms with E-state index in [0.29, 0.717) is 6.54 Å². The van der Waals surface area contributed by atoms with Crippen LogP contribution in [0.25, 0.3) is 0 Å². The number of hydrogen-bond donors (Lipinski definition) is 2. The molecule has 13 heavy (non-hydrogen) atoms. The Morgan fingerprint density at radius 1 is 1.38 bits per heavy atom. The van der Waals surface area contributed by atoms with Crippen molar-refractivity contribution in [1.29, 1.82) is 0 Å². The first-order chi connectivity index (χ1) is 6.27. The van der Waals surface area contributed by atoms with Crippen molar-refractivity contribution in [3.05, 3.63) is 35.4 Å². The molecule has 0 saturated carbocycles. The molecule has 3 nitrogen and oxygen atoms in total. The Morgan fingerprint density at radius 3 is 3.00 bits per heavy atom. The van der Waals surface area contributed by atoms with Crippen molar-refractivity contribution in [2.75, 3.05) is 6.54 Å². The lowest BCUT2D eigenvalue weighted by Crippen LogP contribution is -2.35. The van der Waals surface area contributed by atoms with Gasteiger partial charge in [0.15, 0.2) is 0 Å². The molecule has 3 N–H and O–H groups in total. The highest BCUT2D eigenvalue weighted by Crippen LogP contribution is 2.12. The number of nitrogens with two attached hydrogens (primary N) is 1. The van der Waals surface area contributed by atoms with Crippen LogP contribution in [0.15, 0.2) is 24.3 Å². The number of benzene rings is 1. The number of hydrogen-bond acceptors (Lipinski definition) is 2. The minimum atomic E-state index is -0.0106. The lowest BCUT2D eigenvalue weighted by molar-refractivity contribution is 0.0954. The summed E-state index contributed by atoms with van der Waals surface area (Å²) in [6, 6.07) is 7.63. The largest absolute Gasteiger partial charge is 0.350 e. The maximum atomic E-state index is 11.5. The number of carbonyl (C=O) groups is 1. The van der Waals surface area contributed by atoms with Gasteiger partial charge in [0.05, 0.1) is 0 Å². The summed E-state index contributed by atoms with van der Waals surface area (Å²) in [5.41, 5.74) is 7.60. The molecule has 0 radical (unpaired) electrons. The van der Waals surface area contributed by atoms with Crippen LogP contribution >= 0.6 is 0 Å². The first kappa shape index (κ1) is 8.26. The topological polar surface area (TPSA) is 55.1 Å². The first-order valence-corrected chi connectivity index (χ1v) is 4.39. The monoisotopic (exact) mass is 176 g/mol. The second kappa shape index (κ2) is 3.18. The molecule has 1 atom stereocenters. The van der Waals surface area contributed by atoms with E-state index >= 15 is 0 Å². The Morgan fingerprint density at radius 2 is 2.15 bits per heavy atom. The van der Waals surface area contributed by atoms with Crippen LogP contribution in [0.4, 0.5) is 0 Å². The highest BCUT2D eigenvalue weighted by molar-refractivity contribution is 5.96. The average Bonchev–Trinajstić information content (AvgIpc) is 2.27. The van der Waals surface area contributed by atoms with Crippen molar-refractivity contribution in [1.82, 2.24) is 5.32 Å². The van der Waals surface area contributed by atoms with Crippen molar-refractivity contribution in [2.45, 2.75) is 12.5 Å². The predicted molar refractivity (Wildman–Crippen MR) is 50.5 cm³/mol. The van der Waals surface area contributed by atoms with Gasteiger partial charge < -0.3 is 11.1 Å². The van der Waals surface area contributed by atoms with Crippen LogP contribution in [0, 0.1) is 0 Å². The Kier molecular flexibility index (Phi) is 2.02. The highest BCUT2D eigenvalue weighted by Gasteiger charge is 2.17. The summed E-state index contributed by atoms with van der Waals surface area (Å²) < 4.78 is 0. The average molecular weight is 176 g/mol. The third kappa shape index (κ3) is 1.55. The van der Waals surface area contributed by atoms with E-state index in [9.17, 15) is 4.79 Å². The fourth-order valence-electron chi connectivity index (χ4n) is 1.59. The lowest BCUT2D eigenvalue weighted by atomic mass is 10.0. The van der Waals surface area contributed by atoms with E-state index in [1.807, 2.05) is 24.3 Å². The van der Waals surface area contributed by atoms with Crippen LogP contribution in [0.1, 0.15) is 15.9 Å². The van der Waals surface area contributed by atoms with Gasteiger partial charge in [-0.3, -0.25) is 4.79 Å². The molecular weight excluding hydrogens is 164 g/mol. The summed E-state index contributed by atoms with van der Waals surface area (Å²) in [6.45, 7) is 0.563. The van der Waals surface area contributed by atoms with Crippen LogP contribution in [0.2, 0.25) is 0 Å². The Hall–Kier alpha value is -1.35. The van der Waals surface area contributed by atoms with Crippen molar-refractivity contribution in [3.8, 4) is 0 Å². The van der Waals surface area contributed by atoms with Gasteiger partial charge in [0.25, 0.3) is 5.91 Å². The van der Waals surface area contributed by atoms with Gasteiger partial charge in [0, 0.05) is 18.2 Å². The molecule has 0 aliphatic carbocycles. The highest BCUT2D eigenvalue weighted by atomic mass is 16.1. The molecule has 1 aromatic carbocycles. The van der Waals surface area contributed by atoms with Crippen molar-refractivity contribution >= 4 is 5.91 Å². The summed E-state index contributed by atoms with van der Waals surface area (Å²) >= 11 is 0. The Balaban J connectivity index is 2.43. The SMILES string of the molecule is NC1CNC(=O)c2ccccc2C1. The van der Waals surface area contributed by atoms with Gasteiger partial charge in [-0.1, -0.05) is 18.2 Å². The fourth-order valence-corrected chi connectivity index (χ4v) is 1.59. The first-order valence-electron chi connectivity index (χ1n) is 4.39. The molecule has 0 aromatic heterocycles. The molecule has 1 aromatic rings. The van der Waals surface area contributed by atoms with Gasteiger partial charge in [-0.2, -0.15) is 0 Å². The van der Waals surface area contributed by atoms with Crippen LogP contribution in [-0.2, 0) is 6.42 Å². The predicted octanol–water partition coefficient (Wildman–Crippen LogP) is 0.300. The molecule has 0 saturated heterocycles. The fraction of sp³-hybridized carbons (Fsp3) is 0.300. The molecule has 1 unspecified atom stereocenters. The van der Waals surface area contributed by atoms with Crippen molar-refractivity contribution in [3.63, 3.8) is 0 Å². The molecule has 3 heteroatoms. The van der Waals surface area contributed by atoms with Crippen LogP contribution in [0.3, 0.4) is 0 Å². The van der Waals surface area contributed by atoms with E-state index < -0.39 is 0 Å². The number of fused-ring (bicyclic) bond motifs is 1. The van der Waals surface area contributed by atoms with E-state index in [2.05, 4.69) is 5.32 Å². The Labute approximate surface area is 76.9 Å². The van der Waals surface area contributed by atoms with E-state index in [1.165, 1.54) is 0 Å². The maximum absolute atomic E-state index is 11.5. The zero-order valence-electron chi connectivity index (χ0n) is 7.29. The van der Waals surface area contributed by atoms with Crippen LogP contribution in [-0.4, -0.2) is 18.5 Å². The van der Waals surface area contributed by atoms with E-state index in [1.54, 1.807) is 0 Å². The maximum Gasteiger partial charge on any atom is 0.251 e. The van der Waals surface area contributed by atoms with E-state index in [4.69, 9.17) is 5.73 Å². The molecule has 0 bridgehead atoms. The van der Waals surface area contributed by atoms with Crippen LogP contribution in [0.5, 0.6) is 0 Å². The van der Waals surface area contributed by atoms with Gasteiger partial charge in [0.2, 0.25) is 0 Å². The molecule has 1 heterocycles. The van der Waals surface area contributed by atoms with E-state index in [-0.39, 0.29) is 11.9 Å². The third-order valence-corrected chi connectivity index (χ3v) is 2.27. The summed E-state index contributed by atoms with van der Waals surface area (Å²) in [5, 5.41) is 2.79. The number of nitrogens with one attached hydrogen (secondary N) is 1. The second-order valence-electron chi connectivity index (χ2n) is 3.33. The van der Waals surface area contributed by atoms with Gasteiger partial charge in [-0.25, -0.2) is 0 Å². The molecule has 1 aliphatic heterocycles. The Bertz CT molecular complexity index is 335. The van der Waals surface area contributed by atoms with E-state index in [0.717, 1.165) is 17.5 Å². The smallest absolute Gasteiger partial charge is 0.251 e. The number of carbonyl (C=O) groups excluding carboxylic acids is 1. The molecule has 1 amide bonds.